The quantitative estimate of drug-likeness (QED) is 0.0125. The Labute approximate surface area is 553 Å². The van der Waals surface area contributed by atoms with Gasteiger partial charge < -0.3 is 23.7 Å². The van der Waals surface area contributed by atoms with Gasteiger partial charge in [-0.3, -0.25) is 14.2 Å². The number of halogens is 6. The van der Waals surface area contributed by atoms with Gasteiger partial charge in [-0.15, -0.1) is 28.7 Å². The predicted molar refractivity (Wildman–Crippen MR) is 371 cm³/mol. The fraction of sp³-hybridized carbons (Fsp3) is 0.130. The first kappa shape index (κ1) is 72.9. The van der Waals surface area contributed by atoms with Gasteiger partial charge >= 0.3 is 11.1 Å². The zero-order chi connectivity index (χ0) is 62.2. The molecular weight excluding hydrogens is 1350 g/mol. The predicted octanol–water partition coefficient (Wildman–Crippen LogP) is 21.6. The van der Waals surface area contributed by atoms with Crippen molar-refractivity contribution >= 4 is 103 Å². The van der Waals surface area contributed by atoms with Gasteiger partial charge in [0, 0.05) is 50.3 Å². The molecular formula is C69H65Cl5IN4O8P. The Hall–Kier alpha value is -7.59. The van der Waals surface area contributed by atoms with Crippen molar-refractivity contribution in [3.63, 3.8) is 0 Å². The lowest BCUT2D eigenvalue weighted by Crippen LogP contribution is -2.29. The summed E-state index contributed by atoms with van der Waals surface area (Å²) in [6, 6.07) is 70.0. The standard InChI is InChI=1S/C17H14ClNO.C17H14INO.C17H15NO2.C9H9NO2.C8H8O.CH4.Cl3OP.ClH/c2*1-12-7-9-14(10-8-12)17-19-15(11-18)16(20-17)13-5-3-2-4-6-13;1-12-8-10-15(11-9-12)17-18(19)13(2)16(20-17)14-6-4-3-5-7-14;1-7(10-12)9(11)8-5-3-2-4-6-8;1-7-2-4-8(6-9)5-3-7;;1-5(2,3)4;/h2*2-10H,11H2,1H3;3-11H,1-2H3;2-6,12H,1H3;2-6H,1H3;1H4;;1H/b;;;10-7+;;;;. The number of nitrogens with zero attached hydrogens (tertiary/aromatic N) is 4. The summed E-state index contributed by atoms with van der Waals surface area (Å²) in [6.45, 7) is 11.4. The van der Waals surface area contributed by atoms with E-state index in [1.807, 2.05) is 184 Å². The van der Waals surface area contributed by atoms with Crippen molar-refractivity contribution in [2.75, 3.05) is 0 Å². The molecule has 0 radical (unpaired) electrons. The van der Waals surface area contributed by atoms with Crippen LogP contribution < -0.4 is 4.73 Å². The van der Waals surface area contributed by atoms with Crippen LogP contribution in [0.3, 0.4) is 0 Å². The van der Waals surface area contributed by atoms with Crippen molar-refractivity contribution in [1.29, 1.82) is 0 Å². The molecule has 8 aromatic carbocycles. The first-order valence-electron chi connectivity index (χ1n) is 26.5. The van der Waals surface area contributed by atoms with Crippen LogP contribution in [0.4, 0.5) is 0 Å². The van der Waals surface area contributed by atoms with Gasteiger partial charge in [0.25, 0.3) is 0 Å². The number of aryl methyl sites for hydroxylation is 4. The molecule has 88 heavy (non-hydrogen) atoms. The zero-order valence-corrected chi connectivity index (χ0v) is 55.0. The second-order valence-corrected chi connectivity index (χ2v) is 26.6. The number of aldehydes is 1. The zero-order valence-electron chi connectivity index (χ0n) is 48.1. The highest BCUT2D eigenvalue weighted by Gasteiger charge is 2.24. The number of rotatable bonds is 11. The maximum absolute atomic E-state index is 12.3. The van der Waals surface area contributed by atoms with Gasteiger partial charge in [0.15, 0.2) is 11.5 Å². The van der Waals surface area contributed by atoms with E-state index in [-0.39, 0.29) is 31.3 Å². The third-order valence-electron chi connectivity index (χ3n) is 12.4. The highest BCUT2D eigenvalue weighted by molar-refractivity contribution is 14.1. The van der Waals surface area contributed by atoms with Crippen molar-refractivity contribution in [2.45, 2.75) is 59.3 Å². The number of carbonyl (C=O) groups is 2. The first-order chi connectivity index (χ1) is 41.3. The molecule has 0 unspecified atom stereocenters. The molecule has 1 N–H and O–H groups in total. The third kappa shape index (κ3) is 22.5. The van der Waals surface area contributed by atoms with E-state index in [0.29, 0.717) is 40.6 Å². The van der Waals surface area contributed by atoms with Gasteiger partial charge in [-0.05, 0) is 105 Å². The van der Waals surface area contributed by atoms with Gasteiger partial charge in [0.1, 0.15) is 17.7 Å². The molecule has 0 spiro atoms. The lowest BCUT2D eigenvalue weighted by Gasteiger charge is -1.98. The Bertz CT molecular complexity index is 3830. The molecule has 0 aliphatic carbocycles. The lowest BCUT2D eigenvalue weighted by atomic mass is 10.1. The summed E-state index contributed by atoms with van der Waals surface area (Å²) >= 11 is 22.2. The maximum Gasteiger partial charge on any atom is 0.392 e. The molecule has 3 aromatic heterocycles. The minimum atomic E-state index is -3.22. The van der Waals surface area contributed by atoms with Crippen molar-refractivity contribution in [2.24, 2.45) is 5.16 Å². The normalized spacial score (nSPS) is 10.4. The SMILES string of the molecule is C.C/C(=N\O)C(=O)c1ccccc1.Cc1ccc(-c2nc(CCl)c(-c3ccccc3)o2)cc1.Cc1ccc(-c2nc(CI)c(-c3ccccc3)o2)cc1.Cc1ccc(-c2oc(-c3ccccc3)c(C)[n+]2[O-])cc1.Cc1ccc(C=O)cc1.Cl.O=P(Cl)(Cl)Cl. The van der Waals surface area contributed by atoms with Crippen LogP contribution in [0.1, 0.15) is 74.4 Å². The van der Waals surface area contributed by atoms with E-state index < -0.39 is 5.20 Å². The molecule has 0 saturated carbocycles. The Morgan fingerprint density at radius 2 is 0.898 bits per heavy atom. The number of oxime groups is 1. The Kier molecular flexibility index (Phi) is 30.4. The smallest absolute Gasteiger partial charge is 0.392 e. The van der Waals surface area contributed by atoms with E-state index in [9.17, 15) is 19.4 Å². The average Bonchev–Trinajstić information content (AvgIpc) is 4.41. The van der Waals surface area contributed by atoms with Gasteiger partial charge in [0.2, 0.25) is 29.0 Å². The van der Waals surface area contributed by atoms with Gasteiger partial charge in [-0.25, -0.2) is 9.97 Å². The van der Waals surface area contributed by atoms with E-state index >= 15 is 0 Å². The first-order valence-corrected chi connectivity index (χ1v) is 33.0. The molecule has 0 amide bonds. The summed E-state index contributed by atoms with van der Waals surface area (Å²) in [5.41, 5.74) is 14.2. The Morgan fingerprint density at radius 1 is 0.557 bits per heavy atom. The fourth-order valence-corrected chi connectivity index (χ4v) is 8.53. The molecule has 0 saturated heterocycles. The molecule has 0 atom stereocenters. The van der Waals surface area contributed by atoms with Crippen LogP contribution in [0.5, 0.6) is 0 Å². The highest BCUT2D eigenvalue weighted by atomic mass is 127. The van der Waals surface area contributed by atoms with E-state index in [2.05, 4.69) is 110 Å². The summed E-state index contributed by atoms with van der Waals surface area (Å²) < 4.78 is 28.9. The number of aromatic nitrogens is 3. The fourth-order valence-electron chi connectivity index (χ4n) is 7.83. The summed E-state index contributed by atoms with van der Waals surface area (Å²) in [5.74, 6) is 3.96. The molecule has 3 heterocycles. The molecule has 456 valence electrons. The number of ketones is 1. The van der Waals surface area contributed by atoms with Crippen molar-refractivity contribution in [3.8, 4) is 68.3 Å². The van der Waals surface area contributed by atoms with Gasteiger partial charge in [-0.1, -0.05) is 239 Å². The summed E-state index contributed by atoms with van der Waals surface area (Å²) in [7, 11) is 0. The van der Waals surface area contributed by atoms with Crippen LogP contribution in [0.15, 0.2) is 237 Å². The van der Waals surface area contributed by atoms with Gasteiger partial charge in [-0.2, -0.15) is 0 Å². The van der Waals surface area contributed by atoms with Crippen LogP contribution in [0.25, 0.3) is 68.3 Å². The molecule has 11 aromatic rings. The number of benzene rings is 8. The monoisotopic (exact) mass is 1410 g/mol. The van der Waals surface area contributed by atoms with E-state index in [4.69, 9.17) is 30.1 Å². The van der Waals surface area contributed by atoms with Crippen LogP contribution in [0, 0.1) is 39.8 Å². The third-order valence-corrected chi connectivity index (χ3v) is 13.4. The largest absolute Gasteiger partial charge is 0.616 e. The second kappa shape index (κ2) is 36.7. The number of carbonyl (C=O) groups excluding carboxylic acids is 2. The molecule has 12 nitrogen and oxygen atoms in total. The van der Waals surface area contributed by atoms with Crippen molar-refractivity contribution in [1.82, 2.24) is 9.97 Å². The molecule has 0 bridgehead atoms. The minimum Gasteiger partial charge on any atom is -0.616 e. The second-order valence-electron chi connectivity index (χ2n) is 19.0. The molecule has 0 fully saturated rings. The maximum atomic E-state index is 12.3. The Balaban J connectivity index is 0.000000235. The number of alkyl halides is 2. The number of oxazole rings is 3. The van der Waals surface area contributed by atoms with E-state index in [1.54, 1.807) is 31.2 Å². The number of hydrogen-bond donors (Lipinski definition) is 1. The van der Waals surface area contributed by atoms with Crippen LogP contribution in [-0.4, -0.2) is 33.0 Å². The van der Waals surface area contributed by atoms with Crippen molar-refractivity contribution < 1.29 is 37.3 Å². The number of hydrogen-bond acceptors (Lipinski definition) is 11. The van der Waals surface area contributed by atoms with Crippen LogP contribution in [-0.2, 0) is 14.9 Å². The minimum absolute atomic E-state index is 0. The number of Topliss-reactive ketones (excluding diaryl/α,β-unsaturated/α-hetero) is 1. The topological polar surface area (TPSA) is 176 Å². The lowest BCUT2D eigenvalue weighted by molar-refractivity contribution is -0.602. The molecule has 0 aliphatic rings. The van der Waals surface area contributed by atoms with E-state index in [0.717, 1.165) is 82.9 Å². The summed E-state index contributed by atoms with van der Waals surface area (Å²) in [5, 5.41) is 20.2. The molecule has 0 aliphatic heterocycles. The summed E-state index contributed by atoms with van der Waals surface area (Å²) in [4.78, 5) is 30.5. The van der Waals surface area contributed by atoms with Crippen molar-refractivity contribution in [3.05, 3.63) is 274 Å². The van der Waals surface area contributed by atoms with E-state index in [1.165, 1.54) is 23.6 Å². The van der Waals surface area contributed by atoms with Crippen LogP contribution in [0.2, 0.25) is 0 Å². The highest BCUT2D eigenvalue weighted by Crippen LogP contribution is 2.61. The summed E-state index contributed by atoms with van der Waals surface area (Å²) in [6.07, 6.45) is 0.847. The average molecular weight is 1410 g/mol. The van der Waals surface area contributed by atoms with Gasteiger partial charge in [0.05, 0.1) is 17.1 Å². The Morgan fingerprint density at radius 3 is 1.26 bits per heavy atom. The molecule has 19 heteroatoms. The van der Waals surface area contributed by atoms with Crippen LogP contribution >= 0.6 is 85.5 Å². The molecule has 11 rings (SSSR count).